The van der Waals surface area contributed by atoms with Gasteiger partial charge < -0.3 is 5.11 Å². The summed E-state index contributed by atoms with van der Waals surface area (Å²) in [6, 6.07) is 20.4. The molecule has 1 N–H and O–H groups in total. The molecular weight excluding hydrogens is 324 g/mol. The molecule has 26 heavy (non-hydrogen) atoms. The molecule has 0 aliphatic carbocycles. The molecule has 3 heteroatoms. The van der Waals surface area contributed by atoms with Crippen LogP contribution < -0.4 is 0 Å². The predicted octanol–water partition coefficient (Wildman–Crippen LogP) is 4.80. The van der Waals surface area contributed by atoms with Gasteiger partial charge in [0.25, 0.3) is 0 Å². The molecule has 0 saturated carbocycles. The smallest absolute Gasteiger partial charge is 0.163 e. The second-order valence-corrected chi connectivity index (χ2v) is 5.97. The van der Waals surface area contributed by atoms with Crippen LogP contribution in [0.4, 0.5) is 0 Å². The summed E-state index contributed by atoms with van der Waals surface area (Å²) in [5, 5.41) is 11.5. The van der Waals surface area contributed by atoms with E-state index in [4.69, 9.17) is 0 Å². The molecule has 0 amide bonds. The maximum Gasteiger partial charge on any atom is 0.163 e. The van der Waals surface area contributed by atoms with Crippen LogP contribution in [0.1, 0.15) is 17.5 Å². The van der Waals surface area contributed by atoms with Gasteiger partial charge in [0.05, 0.1) is 6.42 Å². The third kappa shape index (κ3) is 4.77. The Kier molecular flexibility index (Phi) is 5.40. The van der Waals surface area contributed by atoms with Gasteiger partial charge >= 0.3 is 0 Å². The fourth-order valence-corrected chi connectivity index (χ4v) is 2.56. The summed E-state index contributed by atoms with van der Waals surface area (Å²) >= 11 is 0. The van der Waals surface area contributed by atoms with Crippen LogP contribution in [0.15, 0.2) is 78.9 Å². The first-order chi connectivity index (χ1) is 12.6. The lowest BCUT2D eigenvalue weighted by molar-refractivity contribution is -0.121. The number of phenolic OH excluding ortho intramolecular Hbond substituents is 1. The Hall–Kier alpha value is -3.46. The van der Waals surface area contributed by atoms with Crippen LogP contribution in [0.25, 0.3) is 22.9 Å². The fourth-order valence-electron chi connectivity index (χ4n) is 2.56. The Morgan fingerprint density at radius 1 is 0.731 bits per heavy atom. The summed E-state index contributed by atoms with van der Waals surface area (Å²) in [7, 11) is 0. The number of carbonyl (C=O) groups is 2. The number of ketones is 2. The summed E-state index contributed by atoms with van der Waals surface area (Å²) in [4.78, 5) is 23.9. The molecule has 0 atom stereocenters. The number of aromatic hydroxyl groups is 1. The van der Waals surface area contributed by atoms with Gasteiger partial charge in [-0.25, -0.2) is 0 Å². The zero-order valence-corrected chi connectivity index (χ0v) is 14.1. The first-order valence-corrected chi connectivity index (χ1v) is 8.30. The highest BCUT2D eigenvalue weighted by Gasteiger charge is 2.03. The van der Waals surface area contributed by atoms with E-state index in [9.17, 15) is 14.7 Å². The maximum atomic E-state index is 12.0. The second kappa shape index (κ2) is 8.08. The van der Waals surface area contributed by atoms with Crippen molar-refractivity contribution in [1.29, 1.82) is 0 Å². The van der Waals surface area contributed by atoms with Crippen LogP contribution >= 0.6 is 0 Å². The second-order valence-electron chi connectivity index (χ2n) is 5.97. The molecule has 0 radical (unpaired) electrons. The lowest BCUT2D eigenvalue weighted by Crippen LogP contribution is -2.01. The highest BCUT2D eigenvalue weighted by atomic mass is 16.3. The van der Waals surface area contributed by atoms with E-state index < -0.39 is 0 Å². The van der Waals surface area contributed by atoms with Gasteiger partial charge in [-0.15, -0.1) is 0 Å². The molecule has 3 rings (SSSR count). The average Bonchev–Trinajstić information content (AvgIpc) is 2.66. The Labute approximate surface area is 151 Å². The average molecular weight is 342 g/mol. The molecule has 0 saturated heterocycles. The molecule has 128 valence electrons. The lowest BCUT2D eigenvalue weighted by Gasteiger charge is -1.99. The van der Waals surface area contributed by atoms with Crippen molar-refractivity contribution in [3.05, 3.63) is 90.0 Å². The number of hydrogen-bond acceptors (Lipinski definition) is 3. The molecule has 0 aliphatic heterocycles. The van der Waals surface area contributed by atoms with Crippen LogP contribution in [0.5, 0.6) is 5.75 Å². The summed E-state index contributed by atoms with van der Waals surface area (Å²) in [5.74, 6) is -0.327. The minimum Gasteiger partial charge on any atom is -0.508 e. The van der Waals surface area contributed by atoms with Gasteiger partial charge in [-0.05, 0) is 52.3 Å². The van der Waals surface area contributed by atoms with E-state index >= 15 is 0 Å². The summed E-state index contributed by atoms with van der Waals surface area (Å²) < 4.78 is 0. The van der Waals surface area contributed by atoms with Crippen molar-refractivity contribution < 1.29 is 14.7 Å². The number of hydrogen-bond donors (Lipinski definition) is 1. The van der Waals surface area contributed by atoms with Crippen molar-refractivity contribution in [3.63, 3.8) is 0 Å². The van der Waals surface area contributed by atoms with E-state index in [1.807, 2.05) is 42.5 Å². The van der Waals surface area contributed by atoms with Crippen molar-refractivity contribution in [2.45, 2.75) is 6.42 Å². The topological polar surface area (TPSA) is 54.4 Å². The zero-order valence-electron chi connectivity index (χ0n) is 14.1. The first-order valence-electron chi connectivity index (χ1n) is 8.30. The summed E-state index contributed by atoms with van der Waals surface area (Å²) in [6.45, 7) is 0. The predicted molar refractivity (Wildman–Crippen MR) is 105 cm³/mol. The van der Waals surface area contributed by atoms with Gasteiger partial charge in [-0.3, -0.25) is 9.59 Å². The third-order valence-electron chi connectivity index (χ3n) is 3.94. The molecule has 0 unspecified atom stereocenters. The van der Waals surface area contributed by atoms with Gasteiger partial charge in [-0.2, -0.15) is 0 Å². The molecule has 0 fully saturated rings. The molecular formula is C23H18O3. The lowest BCUT2D eigenvalue weighted by atomic mass is 10.1. The van der Waals surface area contributed by atoms with Crippen molar-refractivity contribution in [2.75, 3.05) is 0 Å². The fraction of sp³-hybridized carbons (Fsp3) is 0.0435. The highest BCUT2D eigenvalue weighted by molar-refractivity contribution is 6.11. The Bertz CT molecular complexity index is 995. The number of benzene rings is 3. The van der Waals surface area contributed by atoms with E-state index in [1.165, 1.54) is 12.2 Å². The van der Waals surface area contributed by atoms with Crippen molar-refractivity contribution >= 4 is 34.5 Å². The maximum absolute atomic E-state index is 12.0. The highest BCUT2D eigenvalue weighted by Crippen LogP contribution is 2.16. The van der Waals surface area contributed by atoms with Gasteiger partial charge in [0.1, 0.15) is 5.75 Å². The Balaban J connectivity index is 1.59. The molecule has 0 spiro atoms. The van der Waals surface area contributed by atoms with Gasteiger partial charge in [0, 0.05) is 0 Å². The number of carbonyl (C=O) groups excluding carboxylic acids is 2. The van der Waals surface area contributed by atoms with Crippen molar-refractivity contribution in [2.24, 2.45) is 0 Å². The van der Waals surface area contributed by atoms with E-state index in [1.54, 1.807) is 36.4 Å². The Morgan fingerprint density at radius 2 is 1.31 bits per heavy atom. The van der Waals surface area contributed by atoms with E-state index in [2.05, 4.69) is 0 Å². The molecule has 3 aromatic rings. The SMILES string of the molecule is O=C(/C=C/c1ccc(O)cc1)CC(=O)/C=C/c1ccc2ccccc2c1. The monoisotopic (exact) mass is 342 g/mol. The van der Waals surface area contributed by atoms with Gasteiger partial charge in [-0.1, -0.05) is 60.7 Å². The summed E-state index contributed by atoms with van der Waals surface area (Å²) in [6.07, 6.45) is 6.01. The van der Waals surface area contributed by atoms with Crippen LogP contribution in [0.3, 0.4) is 0 Å². The number of allylic oxidation sites excluding steroid dienone is 2. The molecule has 0 aromatic heterocycles. The number of phenols is 1. The standard InChI is InChI=1S/C23H18O3/c24-21-11-6-17(7-12-21)8-13-22(25)16-23(26)14-9-18-5-10-19-3-1-2-4-20(19)15-18/h1-15,24H,16H2/b13-8+,14-9+. The molecule has 3 nitrogen and oxygen atoms in total. The normalized spacial score (nSPS) is 11.4. The van der Waals surface area contributed by atoms with Crippen LogP contribution in [0.2, 0.25) is 0 Å². The van der Waals surface area contributed by atoms with E-state index in [0.29, 0.717) is 0 Å². The van der Waals surface area contributed by atoms with Crippen LogP contribution in [-0.4, -0.2) is 16.7 Å². The quantitative estimate of drug-likeness (QED) is 0.517. The van der Waals surface area contributed by atoms with Crippen molar-refractivity contribution in [3.8, 4) is 5.75 Å². The first kappa shape index (κ1) is 17.4. The largest absolute Gasteiger partial charge is 0.508 e. The summed E-state index contributed by atoms with van der Waals surface area (Å²) in [5.41, 5.74) is 1.71. The third-order valence-corrected chi connectivity index (χ3v) is 3.94. The molecule has 0 bridgehead atoms. The van der Waals surface area contributed by atoms with Gasteiger partial charge in [0.2, 0.25) is 0 Å². The Morgan fingerprint density at radius 3 is 2.00 bits per heavy atom. The molecule has 0 aliphatic rings. The van der Waals surface area contributed by atoms with E-state index in [-0.39, 0.29) is 23.7 Å². The van der Waals surface area contributed by atoms with Crippen molar-refractivity contribution in [1.82, 2.24) is 0 Å². The van der Waals surface area contributed by atoms with E-state index in [0.717, 1.165) is 21.9 Å². The minimum absolute atomic E-state index is 0.168. The van der Waals surface area contributed by atoms with Crippen LogP contribution in [-0.2, 0) is 9.59 Å². The molecule has 0 heterocycles. The molecule has 3 aromatic carbocycles. The van der Waals surface area contributed by atoms with Crippen LogP contribution in [0, 0.1) is 0 Å². The zero-order chi connectivity index (χ0) is 18.4. The number of rotatable bonds is 6. The minimum atomic E-state index is -0.258. The number of fused-ring (bicyclic) bond motifs is 1. The van der Waals surface area contributed by atoms with Gasteiger partial charge in [0.15, 0.2) is 11.6 Å².